The van der Waals surface area contributed by atoms with E-state index < -0.39 is 0 Å². The zero-order valence-electron chi connectivity index (χ0n) is 29.2. The van der Waals surface area contributed by atoms with Crippen molar-refractivity contribution in [2.75, 3.05) is 14.2 Å². The number of methoxy groups -OCH3 is 2. The number of nitrogens with zero attached hydrogens (tertiary/aromatic N) is 4. The van der Waals surface area contributed by atoms with Crippen LogP contribution < -0.4 is 9.47 Å². The minimum atomic E-state index is -0.0229. The molecule has 2 spiro atoms. The molecule has 5 heterocycles. The maximum absolute atomic E-state index is 9.42. The molecule has 0 aliphatic heterocycles. The van der Waals surface area contributed by atoms with E-state index in [2.05, 4.69) is 12.1 Å². The Morgan fingerprint density at radius 1 is 0.585 bits per heavy atom. The Balaban J connectivity index is 1.22. The fourth-order valence-corrected chi connectivity index (χ4v) is 16.2. The largest absolute Gasteiger partial charge is 0.495 e. The van der Waals surface area contributed by atoms with E-state index in [0.717, 1.165) is 43.8 Å². The summed E-state index contributed by atoms with van der Waals surface area (Å²) in [6.45, 7) is 0. The van der Waals surface area contributed by atoms with Gasteiger partial charge < -0.3 is 9.47 Å². The van der Waals surface area contributed by atoms with Crippen LogP contribution in [0.4, 0.5) is 0 Å². The van der Waals surface area contributed by atoms with E-state index in [0.29, 0.717) is 0 Å². The van der Waals surface area contributed by atoms with Crippen molar-refractivity contribution in [3.63, 3.8) is 0 Å². The Kier molecular flexibility index (Phi) is 8.50. The molecular formula is C42H32N4O2S5. The third kappa shape index (κ3) is 5.06. The summed E-state index contributed by atoms with van der Waals surface area (Å²) < 4.78 is 14.5. The Hall–Kier alpha value is -4.46. The van der Waals surface area contributed by atoms with E-state index in [1.54, 1.807) is 65.8 Å². The van der Waals surface area contributed by atoms with Crippen LogP contribution >= 0.6 is 56.7 Å². The maximum Gasteiger partial charge on any atom is 0.138 e. The van der Waals surface area contributed by atoms with Gasteiger partial charge in [0.05, 0.1) is 33.6 Å². The molecule has 2 fully saturated rings. The number of ether oxygens (including phenoxy) is 2. The molecule has 4 aliphatic carbocycles. The number of nitriles is 4. The number of hydrogen-bond acceptors (Lipinski definition) is 11. The van der Waals surface area contributed by atoms with E-state index in [9.17, 15) is 21.0 Å². The Labute approximate surface area is 328 Å². The van der Waals surface area contributed by atoms with Crippen molar-refractivity contribution in [3.05, 3.63) is 66.0 Å². The van der Waals surface area contributed by atoms with Crippen molar-refractivity contribution in [2.24, 2.45) is 0 Å². The highest BCUT2D eigenvalue weighted by atomic mass is 32.1. The molecule has 5 aromatic rings. The zero-order valence-corrected chi connectivity index (χ0v) is 33.3. The molecule has 0 radical (unpaired) electrons. The highest BCUT2D eigenvalue weighted by molar-refractivity contribution is 7.32. The van der Waals surface area contributed by atoms with Gasteiger partial charge in [-0.25, -0.2) is 0 Å². The number of fused-ring (bicyclic) bond motifs is 10. The minimum absolute atomic E-state index is 0.00256. The number of allylic oxidation sites excluding steroid dienone is 4. The molecule has 0 bridgehead atoms. The Morgan fingerprint density at radius 2 is 1.09 bits per heavy atom. The minimum Gasteiger partial charge on any atom is -0.495 e. The maximum atomic E-state index is 9.42. The summed E-state index contributed by atoms with van der Waals surface area (Å²) in [5.41, 5.74) is 6.47. The van der Waals surface area contributed by atoms with Crippen LogP contribution in [-0.4, -0.2) is 14.2 Å². The van der Waals surface area contributed by atoms with Crippen LogP contribution in [0.1, 0.15) is 94.8 Å². The van der Waals surface area contributed by atoms with Gasteiger partial charge in [0.1, 0.15) is 46.9 Å². The normalized spacial score (nSPS) is 17.4. The smallest absolute Gasteiger partial charge is 0.138 e. The average Bonchev–Trinajstić information content (AvgIpc) is 4.04. The van der Waals surface area contributed by atoms with E-state index >= 15 is 0 Å². The van der Waals surface area contributed by atoms with Gasteiger partial charge in [-0.15, -0.1) is 56.7 Å². The first kappa shape index (κ1) is 34.3. The van der Waals surface area contributed by atoms with Gasteiger partial charge in [0.25, 0.3) is 0 Å². The molecule has 0 atom stereocenters. The molecule has 2 saturated carbocycles. The lowest BCUT2D eigenvalue weighted by molar-refractivity contribution is 0.373. The number of rotatable bonds is 6. The lowest BCUT2D eigenvalue weighted by Crippen LogP contribution is -2.28. The van der Waals surface area contributed by atoms with Crippen LogP contribution in [0.2, 0.25) is 0 Å². The van der Waals surface area contributed by atoms with E-state index in [-0.39, 0.29) is 22.0 Å². The van der Waals surface area contributed by atoms with Crippen molar-refractivity contribution >= 4 is 89.4 Å². The molecule has 0 N–H and O–H groups in total. The van der Waals surface area contributed by atoms with Crippen LogP contribution in [-0.2, 0) is 10.8 Å². The first-order valence-corrected chi connectivity index (χ1v) is 21.9. The highest BCUT2D eigenvalue weighted by Crippen LogP contribution is 2.73. The van der Waals surface area contributed by atoms with Crippen molar-refractivity contribution in [1.29, 1.82) is 21.0 Å². The van der Waals surface area contributed by atoms with E-state index in [1.807, 2.05) is 70.4 Å². The average molecular weight is 785 g/mol. The molecule has 0 amide bonds. The Bertz CT molecular complexity index is 2580. The van der Waals surface area contributed by atoms with Gasteiger partial charge in [0.2, 0.25) is 0 Å². The fourth-order valence-electron chi connectivity index (χ4n) is 9.42. The predicted octanol–water partition coefficient (Wildman–Crippen LogP) is 12.7. The first-order valence-electron chi connectivity index (χ1n) is 17.8. The van der Waals surface area contributed by atoms with Gasteiger partial charge in [-0.05, 0) is 84.4 Å². The number of thiophene rings is 5. The van der Waals surface area contributed by atoms with Gasteiger partial charge in [0, 0.05) is 39.9 Å². The molecule has 262 valence electrons. The third-order valence-corrected chi connectivity index (χ3v) is 17.6. The fraction of sp³-hybridized carbons (Fsp3) is 0.333. The van der Waals surface area contributed by atoms with E-state index in [4.69, 9.17) is 9.47 Å². The zero-order chi connectivity index (χ0) is 36.5. The van der Waals surface area contributed by atoms with Gasteiger partial charge in [0.15, 0.2) is 0 Å². The summed E-state index contributed by atoms with van der Waals surface area (Å²) >= 11 is 8.95. The van der Waals surface area contributed by atoms with E-state index in [1.165, 1.54) is 85.8 Å². The molecule has 11 heteroatoms. The summed E-state index contributed by atoms with van der Waals surface area (Å²) in [5, 5.41) is 37.6. The molecule has 6 nitrogen and oxygen atoms in total. The second kappa shape index (κ2) is 13.1. The molecule has 0 aromatic carbocycles. The standard InChI is InChI=1S/C42H32N4O2S5/c1-47-28-15-25(13-23(19-43)20-44)49-37(28)30-17-27-36(51-30)33-34(41(27)9-5-3-6-10-41)40-35(42(33)11-7-4-8-12-42)39-32(53-40)18-31(52-39)38-29(48-2)16-26(50-38)14-24(21-45)22-46/h13-18H,3-12H2,1-2H3. The van der Waals surface area contributed by atoms with Crippen molar-refractivity contribution in [3.8, 4) is 55.3 Å². The SMILES string of the molecule is COc1cc(C=C(C#N)C#N)sc1-c1cc2c(s1)C1=C(c3sc4cc(-c5sc(C=C(C#N)C#N)cc5OC)sc4c3C13CCCCC3)C21CCCCC1. The van der Waals surface area contributed by atoms with Crippen LogP contribution in [0.5, 0.6) is 11.5 Å². The Morgan fingerprint density at radius 3 is 1.62 bits per heavy atom. The second-order valence-electron chi connectivity index (χ2n) is 14.2. The van der Waals surface area contributed by atoms with Crippen LogP contribution in [0, 0.1) is 45.3 Å². The number of hydrogen-bond donors (Lipinski definition) is 0. The van der Waals surface area contributed by atoms with Crippen molar-refractivity contribution in [2.45, 2.75) is 75.0 Å². The second-order valence-corrected chi connectivity index (χ2v) is 19.5. The predicted molar refractivity (Wildman–Crippen MR) is 218 cm³/mol. The van der Waals surface area contributed by atoms with Crippen LogP contribution in [0.3, 0.4) is 0 Å². The van der Waals surface area contributed by atoms with Gasteiger partial charge >= 0.3 is 0 Å². The van der Waals surface area contributed by atoms with Gasteiger partial charge in [-0.1, -0.05) is 38.5 Å². The molecule has 0 unspecified atom stereocenters. The quantitative estimate of drug-likeness (QED) is 0.158. The highest BCUT2D eigenvalue weighted by Gasteiger charge is 2.59. The summed E-state index contributed by atoms with van der Waals surface area (Å²) in [6, 6.07) is 16.7. The molecule has 4 aliphatic rings. The molecule has 0 saturated heterocycles. The first-order chi connectivity index (χ1) is 25.9. The third-order valence-electron chi connectivity index (χ3n) is 11.5. The molecular weight excluding hydrogens is 753 g/mol. The molecule has 9 rings (SSSR count). The van der Waals surface area contributed by atoms with Gasteiger partial charge in [-0.2, -0.15) is 21.0 Å². The van der Waals surface area contributed by atoms with Crippen molar-refractivity contribution < 1.29 is 9.47 Å². The summed E-state index contributed by atoms with van der Waals surface area (Å²) in [5.74, 6) is 1.55. The molecule has 53 heavy (non-hydrogen) atoms. The summed E-state index contributed by atoms with van der Waals surface area (Å²) in [7, 11) is 3.38. The lowest BCUT2D eigenvalue weighted by atomic mass is 9.67. The molecule has 5 aromatic heterocycles. The lowest BCUT2D eigenvalue weighted by Gasteiger charge is -2.37. The van der Waals surface area contributed by atoms with Crippen molar-refractivity contribution in [1.82, 2.24) is 0 Å². The van der Waals surface area contributed by atoms with Crippen LogP contribution in [0.25, 0.3) is 52.2 Å². The topological polar surface area (TPSA) is 114 Å². The van der Waals surface area contributed by atoms with Crippen LogP contribution in [0.15, 0.2) is 35.4 Å². The summed E-state index contributed by atoms with van der Waals surface area (Å²) in [4.78, 5) is 9.15. The van der Waals surface area contributed by atoms with Gasteiger partial charge in [-0.3, -0.25) is 0 Å². The monoisotopic (exact) mass is 784 g/mol. The summed E-state index contributed by atoms with van der Waals surface area (Å²) in [6.07, 6.45) is 15.4.